The van der Waals surface area contributed by atoms with Crippen molar-refractivity contribution in [2.45, 2.75) is 20.4 Å². The molecule has 0 amide bonds. The molecule has 3 rings (SSSR count). The maximum absolute atomic E-state index is 3.54. The van der Waals surface area contributed by atoms with Gasteiger partial charge in [-0.3, -0.25) is 0 Å². The molecule has 0 unspecified atom stereocenters. The largest absolute Gasteiger partial charge is 0.379 e. The molecular weight excluding hydrogens is 324 g/mol. The van der Waals surface area contributed by atoms with Gasteiger partial charge in [0.25, 0.3) is 0 Å². The Bertz CT molecular complexity index is 763. The summed E-state index contributed by atoms with van der Waals surface area (Å²) in [6.07, 6.45) is 0. The molecule has 0 saturated carbocycles. The molecule has 0 saturated heterocycles. The predicted octanol–water partition coefficient (Wildman–Crippen LogP) is 5.17. The number of fused-ring (bicyclic) bond motifs is 1. The van der Waals surface area contributed by atoms with Gasteiger partial charge in [-0.2, -0.15) is 0 Å². The van der Waals surface area contributed by atoms with E-state index < -0.39 is 0 Å². The number of nitrogens with zero attached hydrogens (tertiary/aromatic N) is 1. The summed E-state index contributed by atoms with van der Waals surface area (Å²) in [5.41, 5.74) is 6.37. The van der Waals surface area contributed by atoms with Crippen LogP contribution in [0.3, 0.4) is 0 Å². The van der Waals surface area contributed by atoms with Crippen LogP contribution >= 0.6 is 15.9 Å². The molecule has 0 atom stereocenters. The van der Waals surface area contributed by atoms with Gasteiger partial charge in [0.1, 0.15) is 0 Å². The molecule has 1 aromatic heterocycles. The fraction of sp³-hybridized carbons (Fsp3) is 0.222. The zero-order valence-corrected chi connectivity index (χ0v) is 14.2. The highest BCUT2D eigenvalue weighted by atomic mass is 79.9. The minimum absolute atomic E-state index is 0.831. The van der Waals surface area contributed by atoms with E-state index in [2.05, 4.69) is 89.2 Å². The number of anilines is 1. The Morgan fingerprint density at radius 1 is 1.10 bits per heavy atom. The van der Waals surface area contributed by atoms with Crippen molar-refractivity contribution in [1.82, 2.24) is 4.57 Å². The van der Waals surface area contributed by atoms with Crippen LogP contribution in [0.15, 0.2) is 46.9 Å². The van der Waals surface area contributed by atoms with Crippen molar-refractivity contribution < 1.29 is 0 Å². The first-order chi connectivity index (χ1) is 10.1. The zero-order chi connectivity index (χ0) is 15.0. The molecule has 2 nitrogen and oxygen atoms in total. The highest BCUT2D eigenvalue weighted by Crippen LogP contribution is 2.26. The summed E-state index contributed by atoms with van der Waals surface area (Å²) in [6.45, 7) is 5.14. The highest BCUT2D eigenvalue weighted by Gasteiger charge is 2.10. The third-order valence-corrected chi connectivity index (χ3v) is 5.01. The van der Waals surface area contributed by atoms with Gasteiger partial charge < -0.3 is 9.88 Å². The summed E-state index contributed by atoms with van der Waals surface area (Å²) in [6, 6.07) is 14.9. The van der Waals surface area contributed by atoms with E-state index in [1.165, 1.54) is 27.7 Å². The molecule has 1 heterocycles. The van der Waals surface area contributed by atoms with Crippen molar-refractivity contribution in [1.29, 1.82) is 0 Å². The topological polar surface area (TPSA) is 17.0 Å². The van der Waals surface area contributed by atoms with Gasteiger partial charge in [0.2, 0.25) is 0 Å². The van der Waals surface area contributed by atoms with Gasteiger partial charge in [-0.05, 0) is 49.2 Å². The number of hydrogen-bond acceptors (Lipinski definition) is 1. The number of para-hydroxylation sites is 1. The number of aryl methyl sites for hydroxylation is 3. The van der Waals surface area contributed by atoms with Crippen LogP contribution in [0.4, 0.5) is 5.69 Å². The van der Waals surface area contributed by atoms with Gasteiger partial charge in [0, 0.05) is 33.8 Å². The Labute approximate surface area is 133 Å². The van der Waals surface area contributed by atoms with E-state index in [1.54, 1.807) is 0 Å². The molecule has 3 heteroatoms. The van der Waals surface area contributed by atoms with Crippen molar-refractivity contribution in [2.24, 2.45) is 7.05 Å². The second-order valence-electron chi connectivity index (χ2n) is 5.47. The predicted molar refractivity (Wildman–Crippen MR) is 93.9 cm³/mol. The Morgan fingerprint density at radius 3 is 2.57 bits per heavy atom. The maximum Gasteiger partial charge on any atom is 0.0556 e. The molecule has 0 bridgehead atoms. The SMILES string of the molecule is Cc1cc(NCc2c(C)c3ccccc3n2C)ccc1Br. The van der Waals surface area contributed by atoms with Crippen LogP contribution < -0.4 is 5.32 Å². The standard InChI is InChI=1S/C18H19BrN2/c1-12-10-14(8-9-16(12)19)20-11-18-13(2)15-6-4-5-7-17(15)21(18)3/h4-10,20H,11H2,1-3H3. The fourth-order valence-corrected chi connectivity index (χ4v) is 3.07. The summed E-state index contributed by atoms with van der Waals surface area (Å²) in [5.74, 6) is 0. The summed E-state index contributed by atoms with van der Waals surface area (Å²) in [4.78, 5) is 0. The quantitative estimate of drug-likeness (QED) is 0.694. The summed E-state index contributed by atoms with van der Waals surface area (Å²) in [5, 5.41) is 4.87. The van der Waals surface area contributed by atoms with E-state index in [0.717, 1.165) is 16.7 Å². The molecule has 0 aliphatic rings. The Balaban J connectivity index is 1.90. The highest BCUT2D eigenvalue weighted by molar-refractivity contribution is 9.10. The van der Waals surface area contributed by atoms with E-state index in [4.69, 9.17) is 0 Å². The van der Waals surface area contributed by atoms with Crippen LogP contribution in [0, 0.1) is 13.8 Å². The van der Waals surface area contributed by atoms with Crippen LogP contribution in [0.2, 0.25) is 0 Å². The molecule has 108 valence electrons. The van der Waals surface area contributed by atoms with E-state index in [1.807, 2.05) is 0 Å². The molecule has 0 spiro atoms. The molecular formula is C18H19BrN2. The summed E-state index contributed by atoms with van der Waals surface area (Å²) in [7, 11) is 2.14. The van der Waals surface area contributed by atoms with E-state index >= 15 is 0 Å². The molecule has 0 fully saturated rings. The van der Waals surface area contributed by atoms with Gasteiger partial charge in [0.05, 0.1) is 6.54 Å². The number of hydrogen-bond donors (Lipinski definition) is 1. The van der Waals surface area contributed by atoms with E-state index in [-0.39, 0.29) is 0 Å². The Morgan fingerprint density at radius 2 is 1.86 bits per heavy atom. The van der Waals surface area contributed by atoms with Gasteiger partial charge in [0.15, 0.2) is 0 Å². The van der Waals surface area contributed by atoms with Crippen molar-refractivity contribution in [3.63, 3.8) is 0 Å². The summed E-state index contributed by atoms with van der Waals surface area (Å²) < 4.78 is 3.43. The summed E-state index contributed by atoms with van der Waals surface area (Å²) >= 11 is 3.54. The van der Waals surface area contributed by atoms with Crippen LogP contribution in [0.1, 0.15) is 16.8 Å². The second kappa shape index (κ2) is 5.57. The van der Waals surface area contributed by atoms with Gasteiger partial charge >= 0.3 is 0 Å². The minimum Gasteiger partial charge on any atom is -0.379 e. The average molecular weight is 343 g/mol. The second-order valence-corrected chi connectivity index (χ2v) is 6.32. The first kappa shape index (κ1) is 14.2. The van der Waals surface area contributed by atoms with E-state index in [0.29, 0.717) is 0 Å². The molecule has 0 aliphatic carbocycles. The van der Waals surface area contributed by atoms with Crippen molar-refractivity contribution in [2.75, 3.05) is 5.32 Å². The maximum atomic E-state index is 3.54. The molecule has 21 heavy (non-hydrogen) atoms. The Hall–Kier alpha value is -1.74. The molecule has 2 aromatic carbocycles. The molecule has 3 aromatic rings. The first-order valence-electron chi connectivity index (χ1n) is 7.11. The van der Waals surface area contributed by atoms with Crippen molar-refractivity contribution in [3.8, 4) is 0 Å². The Kier molecular flexibility index (Phi) is 3.77. The third kappa shape index (κ3) is 2.58. The average Bonchev–Trinajstić information content (AvgIpc) is 2.73. The van der Waals surface area contributed by atoms with Crippen LogP contribution in [0.5, 0.6) is 0 Å². The minimum atomic E-state index is 0.831. The lowest BCUT2D eigenvalue weighted by atomic mass is 10.1. The number of benzene rings is 2. The zero-order valence-electron chi connectivity index (χ0n) is 12.6. The lowest BCUT2D eigenvalue weighted by Gasteiger charge is -2.10. The molecule has 0 aliphatic heterocycles. The van der Waals surface area contributed by atoms with Gasteiger partial charge in [-0.25, -0.2) is 0 Å². The smallest absolute Gasteiger partial charge is 0.0556 e. The fourth-order valence-electron chi connectivity index (χ4n) is 2.83. The third-order valence-electron chi connectivity index (χ3n) is 4.13. The lowest BCUT2D eigenvalue weighted by molar-refractivity contribution is 0.862. The van der Waals surface area contributed by atoms with Crippen molar-refractivity contribution in [3.05, 3.63) is 63.8 Å². The normalized spacial score (nSPS) is 11.0. The number of aromatic nitrogens is 1. The number of halogens is 1. The monoisotopic (exact) mass is 342 g/mol. The van der Waals surface area contributed by atoms with Crippen LogP contribution in [-0.2, 0) is 13.6 Å². The van der Waals surface area contributed by atoms with E-state index in [9.17, 15) is 0 Å². The van der Waals surface area contributed by atoms with Crippen LogP contribution in [0.25, 0.3) is 10.9 Å². The molecule has 1 N–H and O–H groups in total. The van der Waals surface area contributed by atoms with Crippen LogP contribution in [-0.4, -0.2) is 4.57 Å². The lowest BCUT2D eigenvalue weighted by Crippen LogP contribution is -2.06. The van der Waals surface area contributed by atoms with Gasteiger partial charge in [-0.1, -0.05) is 34.1 Å². The first-order valence-corrected chi connectivity index (χ1v) is 7.90. The number of nitrogens with one attached hydrogen (secondary N) is 1. The van der Waals surface area contributed by atoms with Crippen molar-refractivity contribution >= 4 is 32.5 Å². The molecule has 0 radical (unpaired) electrons. The number of rotatable bonds is 3. The van der Waals surface area contributed by atoms with Gasteiger partial charge in [-0.15, -0.1) is 0 Å².